The van der Waals surface area contributed by atoms with Gasteiger partial charge in [-0.3, -0.25) is 4.79 Å². The van der Waals surface area contributed by atoms with Crippen molar-refractivity contribution in [2.24, 2.45) is 0 Å². The average molecular weight is 467 g/mol. The van der Waals surface area contributed by atoms with Gasteiger partial charge in [-0.05, 0) is 48.9 Å². The molecule has 0 radical (unpaired) electrons. The second-order valence-electron chi connectivity index (χ2n) is 9.86. The van der Waals surface area contributed by atoms with Crippen LogP contribution in [0.4, 0.5) is 0 Å². The van der Waals surface area contributed by atoms with Crippen LogP contribution < -0.4 is 0 Å². The van der Waals surface area contributed by atoms with Crippen LogP contribution in [-0.4, -0.2) is 40.7 Å². The van der Waals surface area contributed by atoms with Gasteiger partial charge in [0.05, 0.1) is 12.2 Å². The number of ether oxygens (including phenoxy) is 1. The van der Waals surface area contributed by atoms with E-state index in [1.807, 2.05) is 11.0 Å². The molecule has 0 bridgehead atoms. The average Bonchev–Trinajstić information content (AvgIpc) is 3.22. The molecule has 1 amide bonds. The van der Waals surface area contributed by atoms with Gasteiger partial charge in [0.25, 0.3) is 0 Å². The number of fused-ring (bicyclic) bond motifs is 1. The van der Waals surface area contributed by atoms with Crippen LogP contribution >= 0.6 is 0 Å². The van der Waals surface area contributed by atoms with Crippen molar-refractivity contribution in [3.8, 4) is 0 Å². The number of aromatic nitrogens is 1. The summed E-state index contributed by atoms with van der Waals surface area (Å²) in [5.74, 6) is 0.313. The molecule has 4 nitrogen and oxygen atoms in total. The third kappa shape index (κ3) is 5.49. The van der Waals surface area contributed by atoms with E-state index < -0.39 is 0 Å². The third-order valence-electron chi connectivity index (χ3n) is 6.97. The number of benzene rings is 3. The van der Waals surface area contributed by atoms with E-state index >= 15 is 0 Å². The second-order valence-corrected chi connectivity index (χ2v) is 9.86. The fraction of sp³-hybridized carbons (Fsp3) is 0.323. The Morgan fingerprint density at radius 2 is 1.46 bits per heavy atom. The molecule has 3 atom stereocenters. The van der Waals surface area contributed by atoms with E-state index in [0.29, 0.717) is 19.5 Å². The molecule has 0 spiro atoms. The van der Waals surface area contributed by atoms with Gasteiger partial charge < -0.3 is 14.2 Å². The van der Waals surface area contributed by atoms with Gasteiger partial charge in [-0.1, -0.05) is 78.9 Å². The Morgan fingerprint density at radius 1 is 0.857 bits per heavy atom. The van der Waals surface area contributed by atoms with E-state index in [1.54, 1.807) is 0 Å². The van der Waals surface area contributed by atoms with Crippen molar-refractivity contribution < 1.29 is 9.53 Å². The quantitative estimate of drug-likeness (QED) is 0.333. The lowest BCUT2D eigenvalue weighted by Crippen LogP contribution is -2.48. The van der Waals surface area contributed by atoms with E-state index in [2.05, 4.69) is 103 Å². The molecule has 4 aromatic rings. The smallest absolute Gasteiger partial charge is 0.223 e. The largest absolute Gasteiger partial charge is 0.372 e. The minimum absolute atomic E-state index is 0.0723. The molecule has 3 unspecified atom stereocenters. The third-order valence-corrected chi connectivity index (χ3v) is 6.97. The molecule has 0 aliphatic carbocycles. The highest BCUT2D eigenvalue weighted by Gasteiger charge is 2.29. The molecule has 1 aliphatic heterocycles. The van der Waals surface area contributed by atoms with Crippen molar-refractivity contribution in [2.75, 3.05) is 13.1 Å². The van der Waals surface area contributed by atoms with Gasteiger partial charge in [0.1, 0.15) is 0 Å². The molecule has 0 N–H and O–H groups in total. The molecule has 35 heavy (non-hydrogen) atoms. The van der Waals surface area contributed by atoms with E-state index in [-0.39, 0.29) is 24.0 Å². The molecule has 5 rings (SSSR count). The number of hydrogen-bond donors (Lipinski definition) is 0. The lowest BCUT2D eigenvalue weighted by atomic mass is 9.88. The normalized spacial score (nSPS) is 19.1. The van der Waals surface area contributed by atoms with Gasteiger partial charge in [0.2, 0.25) is 5.91 Å². The fourth-order valence-corrected chi connectivity index (χ4v) is 5.42. The molecule has 1 saturated heterocycles. The molecule has 1 fully saturated rings. The number of para-hydroxylation sites is 1. The van der Waals surface area contributed by atoms with Crippen LogP contribution in [-0.2, 0) is 22.5 Å². The van der Waals surface area contributed by atoms with Crippen molar-refractivity contribution in [3.05, 3.63) is 108 Å². The van der Waals surface area contributed by atoms with Crippen LogP contribution in [0.5, 0.6) is 0 Å². The van der Waals surface area contributed by atoms with Gasteiger partial charge in [-0.2, -0.15) is 0 Å². The van der Waals surface area contributed by atoms with Crippen molar-refractivity contribution >= 4 is 16.8 Å². The van der Waals surface area contributed by atoms with Gasteiger partial charge in [-0.15, -0.1) is 0 Å². The maximum Gasteiger partial charge on any atom is 0.223 e. The van der Waals surface area contributed by atoms with Gasteiger partial charge in [0, 0.05) is 43.2 Å². The maximum atomic E-state index is 13.6. The van der Waals surface area contributed by atoms with Gasteiger partial charge >= 0.3 is 0 Å². The highest BCUT2D eigenvalue weighted by atomic mass is 16.5. The standard InChI is InChI=1S/C31H34N2O2/c1-23-19-33(20-24(2)35-23)31(34)18-27(17-25-11-5-3-6-12-25)29-22-32(21-26-13-7-4-8-14-26)30-16-10-9-15-28(29)30/h3-16,22-24,27H,17-21H2,1-2H3. The molecular weight excluding hydrogens is 432 g/mol. The van der Waals surface area contributed by atoms with Crippen molar-refractivity contribution in [1.29, 1.82) is 0 Å². The zero-order valence-corrected chi connectivity index (χ0v) is 20.6. The minimum atomic E-state index is 0.0723. The topological polar surface area (TPSA) is 34.5 Å². The van der Waals surface area contributed by atoms with Crippen LogP contribution in [0.2, 0.25) is 0 Å². The molecular formula is C31H34N2O2. The van der Waals surface area contributed by atoms with Gasteiger partial charge in [0.15, 0.2) is 0 Å². The predicted octanol–water partition coefficient (Wildman–Crippen LogP) is 6.04. The lowest BCUT2D eigenvalue weighted by Gasteiger charge is -2.36. The van der Waals surface area contributed by atoms with E-state index in [0.717, 1.165) is 13.0 Å². The predicted molar refractivity (Wildman–Crippen MR) is 142 cm³/mol. The molecule has 0 saturated carbocycles. The summed E-state index contributed by atoms with van der Waals surface area (Å²) < 4.78 is 8.21. The molecule has 1 aromatic heterocycles. The minimum Gasteiger partial charge on any atom is -0.372 e. The monoisotopic (exact) mass is 466 g/mol. The maximum absolute atomic E-state index is 13.6. The van der Waals surface area contributed by atoms with E-state index in [4.69, 9.17) is 4.74 Å². The van der Waals surface area contributed by atoms with Crippen LogP contribution in [0.25, 0.3) is 10.9 Å². The Morgan fingerprint density at radius 3 is 2.14 bits per heavy atom. The number of carbonyl (C=O) groups is 1. The fourth-order valence-electron chi connectivity index (χ4n) is 5.42. The number of amides is 1. The highest BCUT2D eigenvalue weighted by Crippen LogP contribution is 2.33. The van der Waals surface area contributed by atoms with Crippen LogP contribution in [0.1, 0.15) is 42.9 Å². The summed E-state index contributed by atoms with van der Waals surface area (Å²) in [6.07, 6.45) is 3.75. The summed E-state index contributed by atoms with van der Waals surface area (Å²) in [7, 11) is 0. The zero-order chi connectivity index (χ0) is 24.2. The van der Waals surface area contributed by atoms with Crippen LogP contribution in [0.15, 0.2) is 91.1 Å². The first-order chi connectivity index (χ1) is 17.1. The second kappa shape index (κ2) is 10.5. The number of rotatable bonds is 7. The summed E-state index contributed by atoms with van der Waals surface area (Å²) in [5, 5.41) is 1.24. The number of carbonyl (C=O) groups excluding carboxylic acids is 1. The number of hydrogen-bond acceptors (Lipinski definition) is 2. The highest BCUT2D eigenvalue weighted by molar-refractivity contribution is 5.86. The summed E-state index contributed by atoms with van der Waals surface area (Å²) in [5.41, 5.74) is 4.99. The van der Waals surface area contributed by atoms with Crippen molar-refractivity contribution in [1.82, 2.24) is 9.47 Å². The first-order valence-corrected chi connectivity index (χ1v) is 12.7. The van der Waals surface area contributed by atoms with Crippen LogP contribution in [0.3, 0.4) is 0 Å². The Labute approximate surface area is 208 Å². The molecule has 1 aliphatic rings. The SMILES string of the molecule is CC1CN(C(=O)CC(Cc2ccccc2)c2cn(Cc3ccccc3)c3ccccc23)CC(C)O1. The summed E-state index contributed by atoms with van der Waals surface area (Å²) in [6, 6.07) is 29.7. The summed E-state index contributed by atoms with van der Waals surface area (Å²) in [6.45, 7) is 6.24. The lowest BCUT2D eigenvalue weighted by molar-refractivity contribution is -0.143. The Hall–Kier alpha value is -3.37. The van der Waals surface area contributed by atoms with Crippen molar-refractivity contribution in [2.45, 2.75) is 51.4 Å². The van der Waals surface area contributed by atoms with E-state index in [1.165, 1.54) is 27.6 Å². The Kier molecular flexibility index (Phi) is 7.01. The van der Waals surface area contributed by atoms with Gasteiger partial charge in [-0.25, -0.2) is 0 Å². The number of morpholine rings is 1. The molecule has 180 valence electrons. The Bertz CT molecular complexity index is 1260. The molecule has 2 heterocycles. The molecule has 3 aromatic carbocycles. The number of nitrogens with zero attached hydrogens (tertiary/aromatic N) is 2. The summed E-state index contributed by atoms with van der Waals surface area (Å²) in [4.78, 5) is 15.6. The first-order valence-electron chi connectivity index (χ1n) is 12.7. The van der Waals surface area contributed by atoms with E-state index in [9.17, 15) is 4.79 Å². The summed E-state index contributed by atoms with van der Waals surface area (Å²) >= 11 is 0. The first kappa shape index (κ1) is 23.4. The Balaban J connectivity index is 1.49. The zero-order valence-electron chi connectivity index (χ0n) is 20.6. The van der Waals surface area contributed by atoms with Crippen molar-refractivity contribution in [3.63, 3.8) is 0 Å². The molecule has 4 heteroatoms. The van der Waals surface area contributed by atoms with Crippen LogP contribution in [0, 0.1) is 0 Å².